The van der Waals surface area contributed by atoms with E-state index in [0.29, 0.717) is 29.2 Å². The summed E-state index contributed by atoms with van der Waals surface area (Å²) in [4.78, 5) is 13.8. The third-order valence-corrected chi connectivity index (χ3v) is 4.51. The number of nitrogens with zero attached hydrogens (tertiary/aromatic N) is 1. The van der Waals surface area contributed by atoms with Crippen molar-refractivity contribution in [2.45, 2.75) is 38.3 Å². The highest BCUT2D eigenvalue weighted by Gasteiger charge is 2.24. The van der Waals surface area contributed by atoms with Crippen molar-refractivity contribution >= 4 is 29.2 Å². The number of carbonyl (C=O) groups is 1. The van der Waals surface area contributed by atoms with Crippen molar-refractivity contribution in [1.82, 2.24) is 4.90 Å². The zero-order chi connectivity index (χ0) is 14.5. The van der Waals surface area contributed by atoms with E-state index < -0.39 is 0 Å². The maximum atomic E-state index is 11.6. The van der Waals surface area contributed by atoms with Gasteiger partial charge in [-0.25, -0.2) is 0 Å². The summed E-state index contributed by atoms with van der Waals surface area (Å²) in [5.41, 5.74) is 1.07. The summed E-state index contributed by atoms with van der Waals surface area (Å²) >= 11 is 12.0. The zero-order valence-electron chi connectivity index (χ0n) is 11.6. The van der Waals surface area contributed by atoms with E-state index in [1.807, 2.05) is 12.1 Å². The Hall–Kier alpha value is -0.770. The molecule has 3 nitrogen and oxygen atoms in total. The molecule has 1 fully saturated rings. The molecule has 0 bridgehead atoms. The van der Waals surface area contributed by atoms with Gasteiger partial charge in [-0.3, -0.25) is 9.69 Å². The van der Waals surface area contributed by atoms with Gasteiger partial charge >= 0.3 is 5.97 Å². The Labute approximate surface area is 129 Å². The van der Waals surface area contributed by atoms with Crippen molar-refractivity contribution in [3.8, 4) is 0 Å². The van der Waals surface area contributed by atoms with Gasteiger partial charge in [-0.2, -0.15) is 0 Å². The molecule has 1 saturated carbocycles. The molecular weight excluding hydrogens is 297 g/mol. The Balaban J connectivity index is 2.09. The second kappa shape index (κ2) is 7.30. The van der Waals surface area contributed by atoms with Crippen LogP contribution >= 0.6 is 23.2 Å². The van der Waals surface area contributed by atoms with Crippen LogP contribution in [0.4, 0.5) is 0 Å². The van der Waals surface area contributed by atoms with Crippen LogP contribution < -0.4 is 0 Å². The molecule has 0 radical (unpaired) electrons. The molecule has 0 heterocycles. The fourth-order valence-corrected chi connectivity index (χ4v) is 3.01. The van der Waals surface area contributed by atoms with Crippen molar-refractivity contribution < 1.29 is 9.53 Å². The predicted octanol–water partition coefficient (Wildman–Crippen LogP) is 3.91. The molecule has 1 aromatic rings. The lowest BCUT2D eigenvalue weighted by Crippen LogP contribution is -2.37. The molecule has 0 amide bonds. The van der Waals surface area contributed by atoms with Gasteiger partial charge in [-0.05, 0) is 30.5 Å². The molecule has 5 heteroatoms. The maximum absolute atomic E-state index is 11.6. The highest BCUT2D eigenvalue weighted by Crippen LogP contribution is 2.27. The predicted molar refractivity (Wildman–Crippen MR) is 81.1 cm³/mol. The van der Waals surface area contributed by atoms with Crippen molar-refractivity contribution in [2.24, 2.45) is 0 Å². The number of halogens is 2. The summed E-state index contributed by atoms with van der Waals surface area (Å²) in [5, 5.41) is 1.10. The van der Waals surface area contributed by atoms with E-state index in [1.54, 1.807) is 6.07 Å². The molecule has 1 aliphatic carbocycles. The second-order valence-electron chi connectivity index (χ2n) is 5.17. The number of esters is 1. The Kier molecular flexibility index (Phi) is 5.70. The van der Waals surface area contributed by atoms with Crippen LogP contribution in [0, 0.1) is 0 Å². The molecule has 0 unspecified atom stereocenters. The van der Waals surface area contributed by atoms with E-state index in [9.17, 15) is 4.79 Å². The van der Waals surface area contributed by atoms with Crippen molar-refractivity contribution in [3.63, 3.8) is 0 Å². The number of rotatable bonds is 5. The molecular formula is C15H19Cl2NO2. The van der Waals surface area contributed by atoms with E-state index in [0.717, 1.165) is 18.4 Å². The van der Waals surface area contributed by atoms with Gasteiger partial charge in [0.1, 0.15) is 0 Å². The van der Waals surface area contributed by atoms with Crippen LogP contribution in [-0.2, 0) is 16.1 Å². The van der Waals surface area contributed by atoms with Crippen molar-refractivity contribution in [2.75, 3.05) is 13.7 Å². The number of hydrogen-bond donors (Lipinski definition) is 0. The monoisotopic (exact) mass is 315 g/mol. The molecule has 1 aliphatic rings. The first-order valence-corrected chi connectivity index (χ1v) is 7.60. The van der Waals surface area contributed by atoms with Crippen LogP contribution in [0.15, 0.2) is 18.2 Å². The van der Waals surface area contributed by atoms with Gasteiger partial charge in [-0.15, -0.1) is 0 Å². The minimum atomic E-state index is -0.197. The van der Waals surface area contributed by atoms with Crippen LogP contribution in [0.25, 0.3) is 0 Å². The molecule has 0 atom stereocenters. The summed E-state index contributed by atoms with van der Waals surface area (Å²) in [7, 11) is 1.42. The minimum Gasteiger partial charge on any atom is -0.468 e. The molecule has 0 N–H and O–H groups in total. The fourth-order valence-electron chi connectivity index (χ4n) is 2.69. The largest absolute Gasteiger partial charge is 0.468 e. The first kappa shape index (κ1) is 15.6. The third kappa shape index (κ3) is 4.11. The lowest BCUT2D eigenvalue weighted by Gasteiger charge is -2.27. The fraction of sp³-hybridized carbons (Fsp3) is 0.533. The quantitative estimate of drug-likeness (QED) is 0.771. The Bertz CT molecular complexity index is 473. The maximum Gasteiger partial charge on any atom is 0.319 e. The van der Waals surface area contributed by atoms with E-state index in [-0.39, 0.29) is 5.97 Å². The lowest BCUT2D eigenvalue weighted by atomic mass is 10.1. The Morgan fingerprint density at radius 1 is 1.30 bits per heavy atom. The first-order chi connectivity index (χ1) is 9.60. The molecule has 20 heavy (non-hydrogen) atoms. The highest BCUT2D eigenvalue weighted by molar-refractivity contribution is 6.42. The van der Waals surface area contributed by atoms with Gasteiger partial charge in [0.2, 0.25) is 0 Å². The van der Waals surface area contributed by atoms with Gasteiger partial charge in [0, 0.05) is 12.6 Å². The van der Waals surface area contributed by atoms with Gasteiger partial charge in [0.25, 0.3) is 0 Å². The Morgan fingerprint density at radius 2 is 2.00 bits per heavy atom. The normalized spacial score (nSPS) is 15.8. The van der Waals surface area contributed by atoms with Crippen LogP contribution in [0.1, 0.15) is 31.2 Å². The highest BCUT2D eigenvalue weighted by atomic mass is 35.5. The summed E-state index contributed by atoms with van der Waals surface area (Å²) in [6.07, 6.45) is 4.73. The summed E-state index contributed by atoms with van der Waals surface area (Å²) in [6, 6.07) is 6.06. The number of benzene rings is 1. The van der Waals surface area contributed by atoms with Gasteiger partial charge < -0.3 is 4.74 Å². The summed E-state index contributed by atoms with van der Waals surface area (Å²) in [6.45, 7) is 1.01. The number of hydrogen-bond acceptors (Lipinski definition) is 3. The van der Waals surface area contributed by atoms with Crippen LogP contribution in [0.3, 0.4) is 0 Å². The second-order valence-corrected chi connectivity index (χ2v) is 5.98. The third-order valence-electron chi connectivity index (χ3n) is 3.77. The number of methoxy groups -OCH3 is 1. The number of ether oxygens (including phenoxy) is 1. The summed E-state index contributed by atoms with van der Waals surface area (Å²) in [5.74, 6) is -0.197. The molecule has 0 spiro atoms. The van der Waals surface area contributed by atoms with E-state index in [4.69, 9.17) is 27.9 Å². The number of carbonyl (C=O) groups excluding carboxylic acids is 1. The standard InChI is InChI=1S/C15H19Cl2NO2/c1-20-15(19)10-18(12-4-2-3-5-12)9-11-6-7-13(16)14(17)8-11/h6-8,12H,2-5,9-10H2,1H3. The van der Waals surface area contributed by atoms with E-state index in [1.165, 1.54) is 20.0 Å². The molecule has 0 saturated heterocycles. The average molecular weight is 316 g/mol. The van der Waals surface area contributed by atoms with Crippen molar-refractivity contribution in [1.29, 1.82) is 0 Å². The molecule has 110 valence electrons. The summed E-state index contributed by atoms with van der Waals surface area (Å²) < 4.78 is 4.79. The van der Waals surface area contributed by atoms with Gasteiger partial charge in [0.15, 0.2) is 0 Å². The lowest BCUT2D eigenvalue weighted by molar-refractivity contribution is -0.142. The topological polar surface area (TPSA) is 29.5 Å². The molecule has 0 aliphatic heterocycles. The molecule has 0 aromatic heterocycles. The molecule has 1 aromatic carbocycles. The minimum absolute atomic E-state index is 0.197. The van der Waals surface area contributed by atoms with Crippen LogP contribution in [0.5, 0.6) is 0 Å². The first-order valence-electron chi connectivity index (χ1n) is 6.85. The average Bonchev–Trinajstić information content (AvgIpc) is 2.96. The van der Waals surface area contributed by atoms with E-state index in [2.05, 4.69) is 4.90 Å². The Morgan fingerprint density at radius 3 is 2.60 bits per heavy atom. The van der Waals surface area contributed by atoms with Gasteiger partial charge in [-0.1, -0.05) is 42.1 Å². The zero-order valence-corrected chi connectivity index (χ0v) is 13.1. The SMILES string of the molecule is COC(=O)CN(Cc1ccc(Cl)c(Cl)c1)C1CCCC1. The van der Waals surface area contributed by atoms with Gasteiger partial charge in [0.05, 0.1) is 23.7 Å². The smallest absolute Gasteiger partial charge is 0.319 e. The van der Waals surface area contributed by atoms with Crippen molar-refractivity contribution in [3.05, 3.63) is 33.8 Å². The van der Waals surface area contributed by atoms with E-state index >= 15 is 0 Å². The molecule has 2 rings (SSSR count). The van der Waals surface area contributed by atoms with Crippen LogP contribution in [0.2, 0.25) is 10.0 Å². The van der Waals surface area contributed by atoms with Crippen LogP contribution in [-0.4, -0.2) is 30.6 Å².